The molecule has 0 aliphatic carbocycles. The lowest BCUT2D eigenvalue weighted by molar-refractivity contribution is -0.113. The van der Waals surface area contributed by atoms with Crippen LogP contribution in [0.3, 0.4) is 0 Å². The van der Waals surface area contributed by atoms with E-state index in [0.717, 1.165) is 16.2 Å². The number of nitrogens with one attached hydrogen (secondary N) is 1. The third kappa shape index (κ3) is 4.59. The summed E-state index contributed by atoms with van der Waals surface area (Å²) in [5.41, 5.74) is 1.46. The third-order valence-corrected chi connectivity index (χ3v) is 3.75. The Labute approximate surface area is 128 Å². The maximum absolute atomic E-state index is 11.9. The van der Waals surface area contributed by atoms with Gasteiger partial charge in [-0.3, -0.25) is 4.79 Å². The number of benzene rings is 2. The van der Waals surface area contributed by atoms with E-state index in [9.17, 15) is 4.79 Å². The molecule has 0 atom stereocenters. The molecule has 0 radical (unpaired) electrons. The molecule has 1 N–H and O–H groups in total. The van der Waals surface area contributed by atoms with Crippen molar-refractivity contribution in [2.45, 2.75) is 4.90 Å². The summed E-state index contributed by atoms with van der Waals surface area (Å²) < 4.78 is 5.09. The molecule has 0 unspecified atom stereocenters. The fourth-order valence-electron chi connectivity index (χ4n) is 1.70. The van der Waals surface area contributed by atoms with E-state index in [1.54, 1.807) is 13.2 Å². The Balaban J connectivity index is 1.88. The van der Waals surface area contributed by atoms with Crippen molar-refractivity contribution < 1.29 is 9.53 Å². The molecule has 106 valence electrons. The summed E-state index contributed by atoms with van der Waals surface area (Å²) in [6.45, 7) is 0. The van der Waals surface area contributed by atoms with Crippen molar-refractivity contribution in [3.63, 3.8) is 0 Å². The fraction of sp³-hybridized carbons (Fsp3) is 0.118. The maximum Gasteiger partial charge on any atom is 0.234 e. The van der Waals surface area contributed by atoms with E-state index >= 15 is 0 Å². The molecular weight excluding hydrogens is 282 g/mol. The average molecular weight is 297 g/mol. The van der Waals surface area contributed by atoms with Crippen LogP contribution in [0, 0.1) is 12.3 Å². The summed E-state index contributed by atoms with van der Waals surface area (Å²) in [6.07, 6.45) is 5.33. The molecule has 2 aromatic carbocycles. The highest BCUT2D eigenvalue weighted by Crippen LogP contribution is 2.21. The molecule has 0 saturated heterocycles. The average Bonchev–Trinajstić information content (AvgIpc) is 2.53. The number of thioether (sulfide) groups is 1. The number of terminal acetylenes is 1. The van der Waals surface area contributed by atoms with E-state index in [0.29, 0.717) is 11.4 Å². The van der Waals surface area contributed by atoms with Crippen LogP contribution in [0.15, 0.2) is 53.4 Å². The second-order valence-electron chi connectivity index (χ2n) is 4.24. The molecule has 0 aliphatic rings. The van der Waals surface area contributed by atoms with Gasteiger partial charge in [-0.25, -0.2) is 0 Å². The molecule has 0 saturated carbocycles. The summed E-state index contributed by atoms with van der Waals surface area (Å²) in [7, 11) is 1.62. The molecule has 0 fully saturated rings. The van der Waals surface area contributed by atoms with Gasteiger partial charge in [-0.05, 0) is 42.5 Å². The maximum atomic E-state index is 11.9. The van der Waals surface area contributed by atoms with Crippen molar-refractivity contribution in [2.75, 3.05) is 18.2 Å². The number of amides is 1. The van der Waals surface area contributed by atoms with Crippen molar-refractivity contribution in [2.24, 2.45) is 0 Å². The van der Waals surface area contributed by atoms with Gasteiger partial charge in [0.15, 0.2) is 0 Å². The van der Waals surface area contributed by atoms with Gasteiger partial charge in [-0.15, -0.1) is 18.2 Å². The number of methoxy groups -OCH3 is 1. The highest BCUT2D eigenvalue weighted by atomic mass is 32.2. The first kappa shape index (κ1) is 15.0. The lowest BCUT2D eigenvalue weighted by Crippen LogP contribution is -2.13. The van der Waals surface area contributed by atoms with Crippen LogP contribution >= 0.6 is 11.8 Å². The number of carbonyl (C=O) groups is 1. The predicted octanol–water partition coefficient (Wildman–Crippen LogP) is 3.41. The SMILES string of the molecule is C#Cc1cccc(NC(=O)CSc2ccc(OC)cc2)c1. The summed E-state index contributed by atoms with van der Waals surface area (Å²) in [5.74, 6) is 3.62. The zero-order valence-corrected chi connectivity index (χ0v) is 12.4. The highest BCUT2D eigenvalue weighted by Gasteiger charge is 2.04. The van der Waals surface area contributed by atoms with Crippen LogP contribution in [0.4, 0.5) is 5.69 Å². The second-order valence-corrected chi connectivity index (χ2v) is 5.29. The molecule has 0 spiro atoms. The number of rotatable bonds is 5. The van der Waals surface area contributed by atoms with E-state index in [2.05, 4.69) is 11.2 Å². The van der Waals surface area contributed by atoms with Crippen LogP contribution in [0.2, 0.25) is 0 Å². The van der Waals surface area contributed by atoms with Crippen LogP contribution in [0.5, 0.6) is 5.75 Å². The Hall–Kier alpha value is -2.38. The molecule has 0 aliphatic heterocycles. The van der Waals surface area contributed by atoms with Gasteiger partial charge < -0.3 is 10.1 Å². The molecule has 21 heavy (non-hydrogen) atoms. The smallest absolute Gasteiger partial charge is 0.234 e. The van der Waals surface area contributed by atoms with Crippen molar-refractivity contribution in [3.05, 3.63) is 54.1 Å². The Morgan fingerprint density at radius 1 is 1.29 bits per heavy atom. The van der Waals surface area contributed by atoms with E-state index in [4.69, 9.17) is 11.2 Å². The Morgan fingerprint density at radius 3 is 2.71 bits per heavy atom. The molecule has 0 bridgehead atoms. The second kappa shape index (κ2) is 7.41. The zero-order valence-electron chi connectivity index (χ0n) is 11.6. The van der Waals surface area contributed by atoms with E-state index in [-0.39, 0.29) is 5.91 Å². The van der Waals surface area contributed by atoms with E-state index < -0.39 is 0 Å². The lowest BCUT2D eigenvalue weighted by Gasteiger charge is -2.06. The fourth-order valence-corrected chi connectivity index (χ4v) is 2.40. The first-order valence-corrected chi connectivity index (χ1v) is 7.33. The van der Waals surface area contributed by atoms with Gasteiger partial charge in [0.25, 0.3) is 0 Å². The Bertz CT molecular complexity index is 659. The van der Waals surface area contributed by atoms with Gasteiger partial charge in [0.05, 0.1) is 12.9 Å². The number of hydrogen-bond donors (Lipinski definition) is 1. The number of anilines is 1. The molecule has 2 aromatic rings. The molecule has 2 rings (SSSR count). The predicted molar refractivity (Wildman–Crippen MR) is 86.7 cm³/mol. The topological polar surface area (TPSA) is 38.3 Å². The van der Waals surface area contributed by atoms with Crippen molar-refractivity contribution in [1.29, 1.82) is 0 Å². The first-order chi connectivity index (χ1) is 10.2. The lowest BCUT2D eigenvalue weighted by atomic mass is 10.2. The molecular formula is C17H15NO2S. The molecule has 4 heteroatoms. The van der Waals surface area contributed by atoms with Crippen molar-refractivity contribution >= 4 is 23.4 Å². The summed E-state index contributed by atoms with van der Waals surface area (Å²) in [6, 6.07) is 14.8. The quantitative estimate of drug-likeness (QED) is 0.679. The summed E-state index contributed by atoms with van der Waals surface area (Å²) in [5, 5.41) is 2.83. The molecule has 0 aromatic heterocycles. The largest absolute Gasteiger partial charge is 0.497 e. The van der Waals surface area contributed by atoms with Crippen LogP contribution in [0.1, 0.15) is 5.56 Å². The van der Waals surface area contributed by atoms with Crippen LogP contribution < -0.4 is 10.1 Å². The minimum atomic E-state index is -0.0648. The molecule has 1 amide bonds. The van der Waals surface area contributed by atoms with E-state index in [1.807, 2.05) is 42.5 Å². The summed E-state index contributed by atoms with van der Waals surface area (Å²) in [4.78, 5) is 12.9. The first-order valence-electron chi connectivity index (χ1n) is 6.34. The van der Waals surface area contributed by atoms with Gasteiger partial charge >= 0.3 is 0 Å². The standard InChI is InChI=1S/C17H15NO2S/c1-3-13-5-4-6-14(11-13)18-17(19)12-21-16-9-7-15(20-2)8-10-16/h1,4-11H,12H2,2H3,(H,18,19). The normalized spacial score (nSPS) is 9.71. The molecule has 3 nitrogen and oxygen atoms in total. The third-order valence-electron chi connectivity index (χ3n) is 2.74. The Morgan fingerprint density at radius 2 is 2.05 bits per heavy atom. The van der Waals surface area contributed by atoms with Gasteiger partial charge in [-0.2, -0.15) is 0 Å². The van der Waals surface area contributed by atoms with Crippen LogP contribution in [-0.4, -0.2) is 18.8 Å². The van der Waals surface area contributed by atoms with Crippen LogP contribution in [-0.2, 0) is 4.79 Å². The Kier molecular flexibility index (Phi) is 5.30. The number of hydrogen-bond acceptors (Lipinski definition) is 3. The number of carbonyl (C=O) groups excluding carboxylic acids is 1. The van der Waals surface area contributed by atoms with Crippen molar-refractivity contribution in [3.8, 4) is 18.1 Å². The summed E-state index contributed by atoms with van der Waals surface area (Å²) >= 11 is 1.47. The van der Waals surface area contributed by atoms with Gasteiger partial charge in [0, 0.05) is 16.1 Å². The van der Waals surface area contributed by atoms with Crippen molar-refractivity contribution in [1.82, 2.24) is 0 Å². The monoisotopic (exact) mass is 297 g/mol. The minimum Gasteiger partial charge on any atom is -0.497 e. The molecule has 0 heterocycles. The van der Waals surface area contributed by atoms with E-state index in [1.165, 1.54) is 11.8 Å². The van der Waals surface area contributed by atoms with Crippen LogP contribution in [0.25, 0.3) is 0 Å². The van der Waals surface area contributed by atoms with Gasteiger partial charge in [-0.1, -0.05) is 12.0 Å². The van der Waals surface area contributed by atoms with Gasteiger partial charge in [0.2, 0.25) is 5.91 Å². The zero-order chi connectivity index (χ0) is 15.1. The number of ether oxygens (including phenoxy) is 1. The van der Waals surface area contributed by atoms with Gasteiger partial charge in [0.1, 0.15) is 5.75 Å². The highest BCUT2D eigenvalue weighted by molar-refractivity contribution is 8.00. The minimum absolute atomic E-state index is 0.0648.